The molecule has 1 rings (SSSR count). The van der Waals surface area contributed by atoms with Crippen molar-refractivity contribution in [2.75, 3.05) is 32.2 Å². The van der Waals surface area contributed by atoms with E-state index in [1.165, 1.54) is 19.3 Å². The van der Waals surface area contributed by atoms with Gasteiger partial charge in [0.25, 0.3) is 0 Å². The van der Waals surface area contributed by atoms with Gasteiger partial charge < -0.3 is 19.9 Å². The van der Waals surface area contributed by atoms with Crippen molar-refractivity contribution in [2.45, 2.75) is 45.3 Å². The van der Waals surface area contributed by atoms with Crippen LogP contribution >= 0.6 is 0 Å². The highest BCUT2D eigenvalue weighted by Crippen LogP contribution is 2.11. The van der Waals surface area contributed by atoms with E-state index in [1.54, 1.807) is 7.11 Å². The number of aliphatic hydroxyl groups excluding tert-OH is 1. The topological polar surface area (TPSA) is 50.7 Å². The Bertz CT molecular complexity index is 371. The summed E-state index contributed by atoms with van der Waals surface area (Å²) in [6.07, 6.45) is 4.28. The Hall–Kier alpha value is -1.10. The zero-order valence-electron chi connectivity index (χ0n) is 13.3. The average molecular weight is 295 g/mol. The molecular formula is C17H29NO3. The predicted molar refractivity (Wildman–Crippen MR) is 86.6 cm³/mol. The normalized spacial score (nSPS) is 12.3. The molecule has 1 unspecified atom stereocenters. The third-order valence-corrected chi connectivity index (χ3v) is 3.23. The van der Waals surface area contributed by atoms with Gasteiger partial charge in [-0.15, -0.1) is 0 Å². The summed E-state index contributed by atoms with van der Waals surface area (Å²) < 4.78 is 10.6. The largest absolute Gasteiger partial charge is 0.389 e. The minimum absolute atomic E-state index is 0.386. The van der Waals surface area contributed by atoms with Crippen LogP contribution in [-0.4, -0.2) is 38.1 Å². The highest BCUT2D eigenvalue weighted by Gasteiger charge is 2.04. The van der Waals surface area contributed by atoms with E-state index in [0.29, 0.717) is 19.8 Å². The van der Waals surface area contributed by atoms with Crippen molar-refractivity contribution in [3.8, 4) is 0 Å². The van der Waals surface area contributed by atoms with Gasteiger partial charge in [0, 0.05) is 25.9 Å². The third kappa shape index (κ3) is 8.71. The summed E-state index contributed by atoms with van der Waals surface area (Å²) in [7, 11) is 1.68. The smallest absolute Gasteiger partial charge is 0.0945 e. The van der Waals surface area contributed by atoms with Crippen LogP contribution in [0.5, 0.6) is 0 Å². The van der Waals surface area contributed by atoms with Gasteiger partial charge >= 0.3 is 0 Å². The number of anilines is 1. The molecule has 4 heteroatoms. The van der Waals surface area contributed by atoms with Crippen LogP contribution in [0.3, 0.4) is 0 Å². The first-order valence-corrected chi connectivity index (χ1v) is 7.83. The lowest BCUT2D eigenvalue weighted by molar-refractivity contribution is 0.0417. The molecule has 0 spiro atoms. The number of rotatable bonds is 12. The molecule has 0 radical (unpaired) electrons. The van der Waals surface area contributed by atoms with E-state index in [4.69, 9.17) is 9.47 Å². The molecule has 0 aliphatic heterocycles. The summed E-state index contributed by atoms with van der Waals surface area (Å²) in [6, 6.07) is 8.01. The molecule has 120 valence electrons. The molecule has 0 amide bonds. The van der Waals surface area contributed by atoms with Crippen LogP contribution in [0.25, 0.3) is 0 Å². The van der Waals surface area contributed by atoms with Crippen LogP contribution in [0.2, 0.25) is 0 Å². The number of benzene rings is 1. The standard InChI is InChI=1S/C17H29NO3/c1-3-4-5-6-10-21-14-17(19)12-18-16-9-7-8-15(11-16)13-20-2/h7-9,11,17-19H,3-6,10,12-14H2,1-2H3. The highest BCUT2D eigenvalue weighted by atomic mass is 16.5. The molecular weight excluding hydrogens is 266 g/mol. The maximum atomic E-state index is 9.87. The molecule has 1 aromatic rings. The van der Waals surface area contributed by atoms with E-state index in [9.17, 15) is 5.11 Å². The fourth-order valence-corrected chi connectivity index (χ4v) is 2.08. The highest BCUT2D eigenvalue weighted by molar-refractivity contribution is 5.45. The summed E-state index contributed by atoms with van der Waals surface area (Å²) in [5, 5.41) is 13.1. The van der Waals surface area contributed by atoms with E-state index >= 15 is 0 Å². The van der Waals surface area contributed by atoms with Crippen molar-refractivity contribution in [3.05, 3.63) is 29.8 Å². The minimum Gasteiger partial charge on any atom is -0.389 e. The molecule has 0 saturated heterocycles. The third-order valence-electron chi connectivity index (χ3n) is 3.23. The van der Waals surface area contributed by atoms with E-state index < -0.39 is 6.10 Å². The maximum Gasteiger partial charge on any atom is 0.0945 e. The first kappa shape index (κ1) is 18.0. The Morgan fingerprint density at radius 3 is 2.86 bits per heavy atom. The van der Waals surface area contributed by atoms with Crippen LogP contribution in [-0.2, 0) is 16.1 Å². The molecule has 21 heavy (non-hydrogen) atoms. The zero-order chi connectivity index (χ0) is 15.3. The van der Waals surface area contributed by atoms with Crippen LogP contribution in [0.4, 0.5) is 5.69 Å². The quantitative estimate of drug-likeness (QED) is 0.581. The zero-order valence-corrected chi connectivity index (χ0v) is 13.3. The van der Waals surface area contributed by atoms with Crippen LogP contribution in [0.15, 0.2) is 24.3 Å². The summed E-state index contributed by atoms with van der Waals surface area (Å²) in [4.78, 5) is 0. The lowest BCUT2D eigenvalue weighted by atomic mass is 10.2. The number of ether oxygens (including phenoxy) is 2. The Morgan fingerprint density at radius 2 is 2.10 bits per heavy atom. The molecule has 0 aliphatic rings. The lowest BCUT2D eigenvalue weighted by Crippen LogP contribution is -2.25. The molecule has 4 nitrogen and oxygen atoms in total. The van der Waals surface area contributed by atoms with Crippen molar-refractivity contribution >= 4 is 5.69 Å². The second-order valence-corrected chi connectivity index (χ2v) is 5.30. The monoisotopic (exact) mass is 295 g/mol. The summed E-state index contributed by atoms with van der Waals surface area (Å²) >= 11 is 0. The Balaban J connectivity index is 2.14. The van der Waals surface area contributed by atoms with Crippen molar-refractivity contribution in [2.24, 2.45) is 0 Å². The number of unbranched alkanes of at least 4 members (excludes halogenated alkanes) is 3. The molecule has 0 bridgehead atoms. The van der Waals surface area contributed by atoms with Gasteiger partial charge in [-0.1, -0.05) is 38.3 Å². The molecule has 2 N–H and O–H groups in total. The maximum absolute atomic E-state index is 9.87. The first-order chi connectivity index (χ1) is 10.3. The van der Waals surface area contributed by atoms with E-state index in [0.717, 1.165) is 24.3 Å². The van der Waals surface area contributed by atoms with Crippen molar-refractivity contribution in [1.29, 1.82) is 0 Å². The van der Waals surface area contributed by atoms with Gasteiger partial charge in [-0.3, -0.25) is 0 Å². The van der Waals surface area contributed by atoms with Gasteiger partial charge in [0.15, 0.2) is 0 Å². The van der Waals surface area contributed by atoms with E-state index in [-0.39, 0.29) is 0 Å². The van der Waals surface area contributed by atoms with Crippen LogP contribution in [0, 0.1) is 0 Å². The Labute approximate surface area is 128 Å². The van der Waals surface area contributed by atoms with Crippen LogP contribution in [0.1, 0.15) is 38.2 Å². The molecule has 1 atom stereocenters. The van der Waals surface area contributed by atoms with Crippen molar-refractivity contribution in [3.63, 3.8) is 0 Å². The molecule has 1 aromatic carbocycles. The SMILES string of the molecule is CCCCCCOCC(O)CNc1cccc(COC)c1. The summed E-state index contributed by atoms with van der Waals surface area (Å²) in [5.41, 5.74) is 2.11. The number of nitrogens with one attached hydrogen (secondary N) is 1. The van der Waals surface area contributed by atoms with Gasteiger partial charge in [0.2, 0.25) is 0 Å². The van der Waals surface area contributed by atoms with Gasteiger partial charge in [-0.2, -0.15) is 0 Å². The lowest BCUT2D eigenvalue weighted by Gasteiger charge is -2.14. The van der Waals surface area contributed by atoms with Crippen molar-refractivity contribution in [1.82, 2.24) is 0 Å². The molecule has 0 aromatic heterocycles. The van der Waals surface area contributed by atoms with Crippen LogP contribution < -0.4 is 5.32 Å². The Kier molecular flexibility index (Phi) is 9.87. The van der Waals surface area contributed by atoms with E-state index in [1.807, 2.05) is 24.3 Å². The van der Waals surface area contributed by atoms with Crippen molar-refractivity contribution < 1.29 is 14.6 Å². The molecule has 0 saturated carbocycles. The predicted octanol–water partition coefficient (Wildman–Crippen LogP) is 3.20. The number of hydrogen-bond acceptors (Lipinski definition) is 4. The van der Waals surface area contributed by atoms with E-state index in [2.05, 4.69) is 12.2 Å². The second kappa shape index (κ2) is 11.5. The fourth-order valence-electron chi connectivity index (χ4n) is 2.08. The average Bonchev–Trinajstić information content (AvgIpc) is 2.49. The minimum atomic E-state index is -0.484. The number of hydrogen-bond donors (Lipinski definition) is 2. The molecule has 0 heterocycles. The second-order valence-electron chi connectivity index (χ2n) is 5.30. The molecule has 0 fully saturated rings. The number of aliphatic hydroxyl groups is 1. The van der Waals surface area contributed by atoms with Gasteiger partial charge in [0.05, 0.1) is 19.3 Å². The van der Waals surface area contributed by atoms with Gasteiger partial charge in [-0.25, -0.2) is 0 Å². The van der Waals surface area contributed by atoms with Gasteiger partial charge in [-0.05, 0) is 24.1 Å². The molecule has 0 aliphatic carbocycles. The summed E-state index contributed by atoms with van der Waals surface area (Å²) in [6.45, 7) is 4.40. The summed E-state index contributed by atoms with van der Waals surface area (Å²) in [5.74, 6) is 0. The van der Waals surface area contributed by atoms with Gasteiger partial charge in [0.1, 0.15) is 0 Å². The Morgan fingerprint density at radius 1 is 1.24 bits per heavy atom. The fraction of sp³-hybridized carbons (Fsp3) is 0.647. The first-order valence-electron chi connectivity index (χ1n) is 7.83. The number of methoxy groups -OCH3 is 1.